The fourth-order valence-electron chi connectivity index (χ4n) is 4.26. The number of nitrogens with one attached hydrogen (secondary N) is 2. The first-order valence-electron chi connectivity index (χ1n) is 11.9. The second-order valence-electron chi connectivity index (χ2n) is 8.93. The number of sulfonamides is 1. The number of alkyl halides is 3. The molecule has 5 rings (SSSR count). The van der Waals surface area contributed by atoms with E-state index in [1.165, 1.54) is 24.3 Å². The van der Waals surface area contributed by atoms with Crippen molar-refractivity contribution < 1.29 is 30.8 Å². The third-order valence-corrected chi connectivity index (χ3v) is 7.55. The van der Waals surface area contributed by atoms with Gasteiger partial charge in [-0.05, 0) is 60.7 Å². The minimum Gasteiger partial charge on any atom is -0.332 e. The molecule has 0 saturated carbocycles. The number of hydrogen-bond acceptors (Lipinski definition) is 3. The van der Waals surface area contributed by atoms with E-state index in [4.69, 9.17) is 0 Å². The maximum atomic E-state index is 14.5. The molecule has 40 heavy (non-hydrogen) atoms. The second-order valence-corrected chi connectivity index (χ2v) is 10.6. The molecular weight excluding hydrogens is 546 g/mol. The number of carbonyl (C=O) groups is 1. The summed E-state index contributed by atoms with van der Waals surface area (Å²) in [4.78, 5) is 12.7. The molecular formula is C29H21F4N3O3S. The molecule has 0 aliphatic rings. The van der Waals surface area contributed by atoms with Crippen molar-refractivity contribution in [3.8, 4) is 0 Å². The van der Waals surface area contributed by atoms with Crippen LogP contribution in [0.15, 0.2) is 108 Å². The molecule has 6 nitrogen and oxygen atoms in total. The minimum atomic E-state index is -4.71. The molecule has 4 aromatic carbocycles. The summed E-state index contributed by atoms with van der Waals surface area (Å²) in [5.74, 6) is -0.922. The maximum absolute atomic E-state index is 14.5. The van der Waals surface area contributed by atoms with E-state index in [9.17, 15) is 30.8 Å². The zero-order valence-corrected chi connectivity index (χ0v) is 21.4. The number of nitrogens with zero attached hydrogens (tertiary/aromatic N) is 1. The number of amides is 1. The molecule has 0 atom stereocenters. The van der Waals surface area contributed by atoms with E-state index in [0.717, 1.165) is 18.2 Å². The lowest BCUT2D eigenvalue weighted by Crippen LogP contribution is -2.17. The van der Waals surface area contributed by atoms with Crippen LogP contribution >= 0.6 is 0 Å². The van der Waals surface area contributed by atoms with Crippen molar-refractivity contribution in [3.63, 3.8) is 0 Å². The molecule has 0 aliphatic carbocycles. The number of benzene rings is 4. The first-order valence-corrected chi connectivity index (χ1v) is 13.4. The molecule has 0 aliphatic heterocycles. The van der Waals surface area contributed by atoms with E-state index in [1.807, 2.05) is 0 Å². The Hall–Kier alpha value is -4.64. The van der Waals surface area contributed by atoms with Crippen molar-refractivity contribution in [1.29, 1.82) is 0 Å². The Morgan fingerprint density at radius 1 is 0.800 bits per heavy atom. The standard InChI is InChI=1S/C29H21F4N3O3S/c30-25-12-5-4-7-19(25)18-36-26-14-13-23(35-40(38,39)24-11-6-8-21(17-24)29(31,32)33)15-20(26)16-27(36)28(37)34-22-9-2-1-3-10-22/h1-17,35H,18H2,(H,34,37). The highest BCUT2D eigenvalue weighted by atomic mass is 32.2. The van der Waals surface area contributed by atoms with Crippen LogP contribution in [-0.4, -0.2) is 18.9 Å². The summed E-state index contributed by atoms with van der Waals surface area (Å²) in [5.41, 5.74) is 0.574. The Bertz CT molecular complexity index is 1820. The lowest BCUT2D eigenvalue weighted by atomic mass is 10.2. The molecule has 1 heterocycles. The number of fused-ring (bicyclic) bond motifs is 1. The third-order valence-electron chi connectivity index (χ3n) is 6.18. The Morgan fingerprint density at radius 2 is 1.52 bits per heavy atom. The summed E-state index contributed by atoms with van der Waals surface area (Å²) in [6.07, 6.45) is -4.71. The Kier molecular flexibility index (Phi) is 7.07. The lowest BCUT2D eigenvalue weighted by molar-refractivity contribution is -0.137. The van der Waals surface area contributed by atoms with Crippen LogP contribution in [-0.2, 0) is 22.7 Å². The van der Waals surface area contributed by atoms with Gasteiger partial charge in [-0.3, -0.25) is 9.52 Å². The molecule has 0 unspecified atom stereocenters. The van der Waals surface area contributed by atoms with Gasteiger partial charge in [-0.2, -0.15) is 13.2 Å². The molecule has 0 bridgehead atoms. The predicted molar refractivity (Wildman–Crippen MR) is 144 cm³/mol. The molecule has 5 aromatic rings. The van der Waals surface area contributed by atoms with Crippen LogP contribution in [0, 0.1) is 5.82 Å². The van der Waals surface area contributed by atoms with Crippen LogP contribution in [0.4, 0.5) is 28.9 Å². The third kappa shape index (κ3) is 5.69. The van der Waals surface area contributed by atoms with Gasteiger partial charge < -0.3 is 9.88 Å². The van der Waals surface area contributed by atoms with E-state index in [2.05, 4.69) is 10.0 Å². The highest BCUT2D eigenvalue weighted by Gasteiger charge is 2.31. The number of anilines is 2. The van der Waals surface area contributed by atoms with Crippen molar-refractivity contribution in [2.75, 3.05) is 10.0 Å². The number of halogens is 4. The van der Waals surface area contributed by atoms with Crippen molar-refractivity contribution in [1.82, 2.24) is 4.57 Å². The topological polar surface area (TPSA) is 80.2 Å². The maximum Gasteiger partial charge on any atom is 0.416 e. The largest absolute Gasteiger partial charge is 0.416 e. The molecule has 1 aromatic heterocycles. The summed E-state index contributed by atoms with van der Waals surface area (Å²) in [5, 5.41) is 3.25. The fraction of sp³-hybridized carbons (Fsp3) is 0.0690. The Labute approximate surface area is 226 Å². The van der Waals surface area contributed by atoms with Crippen LogP contribution in [0.2, 0.25) is 0 Å². The van der Waals surface area contributed by atoms with Crippen LogP contribution < -0.4 is 10.0 Å². The normalized spacial score (nSPS) is 11.9. The van der Waals surface area contributed by atoms with Gasteiger partial charge in [0.25, 0.3) is 15.9 Å². The number of aromatic nitrogens is 1. The van der Waals surface area contributed by atoms with E-state index in [0.29, 0.717) is 28.2 Å². The number of hydrogen-bond donors (Lipinski definition) is 2. The van der Waals surface area contributed by atoms with Crippen LogP contribution in [0.1, 0.15) is 21.6 Å². The summed E-state index contributed by atoms with van der Waals surface area (Å²) in [7, 11) is -4.36. The SMILES string of the molecule is O=C(Nc1ccccc1)c1cc2cc(NS(=O)(=O)c3cccc(C(F)(F)F)c3)ccc2n1Cc1ccccc1F. The Morgan fingerprint density at radius 3 is 2.25 bits per heavy atom. The summed E-state index contributed by atoms with van der Waals surface area (Å²) in [6, 6.07) is 24.3. The highest BCUT2D eigenvalue weighted by Crippen LogP contribution is 2.32. The highest BCUT2D eigenvalue weighted by molar-refractivity contribution is 7.92. The zero-order valence-electron chi connectivity index (χ0n) is 20.6. The van der Waals surface area contributed by atoms with Gasteiger partial charge >= 0.3 is 6.18 Å². The van der Waals surface area contributed by atoms with E-state index in [1.54, 1.807) is 59.2 Å². The quantitative estimate of drug-likeness (QED) is 0.210. The van der Waals surface area contributed by atoms with Gasteiger partial charge in [0.1, 0.15) is 11.5 Å². The molecule has 0 spiro atoms. The number of rotatable bonds is 7. The van der Waals surface area contributed by atoms with Crippen molar-refractivity contribution >= 4 is 38.2 Å². The fourth-order valence-corrected chi connectivity index (χ4v) is 5.36. The van der Waals surface area contributed by atoms with Crippen molar-refractivity contribution in [3.05, 3.63) is 126 Å². The van der Waals surface area contributed by atoms with E-state index >= 15 is 0 Å². The van der Waals surface area contributed by atoms with E-state index < -0.39 is 38.4 Å². The summed E-state index contributed by atoms with van der Waals surface area (Å²) in [6.45, 7) is 0.0169. The van der Waals surface area contributed by atoms with Crippen molar-refractivity contribution in [2.45, 2.75) is 17.6 Å². The van der Waals surface area contributed by atoms with Gasteiger partial charge in [0, 0.05) is 27.8 Å². The predicted octanol–water partition coefficient (Wildman–Crippen LogP) is 6.90. The molecule has 2 N–H and O–H groups in total. The van der Waals surface area contributed by atoms with Gasteiger partial charge in [-0.15, -0.1) is 0 Å². The zero-order chi connectivity index (χ0) is 28.5. The molecule has 11 heteroatoms. The number of para-hydroxylation sites is 1. The molecule has 0 fully saturated rings. The summed E-state index contributed by atoms with van der Waals surface area (Å²) >= 11 is 0. The smallest absolute Gasteiger partial charge is 0.332 e. The first kappa shape index (κ1) is 26.9. The van der Waals surface area contributed by atoms with Gasteiger partial charge in [-0.1, -0.05) is 42.5 Å². The minimum absolute atomic E-state index is 0.0169. The average Bonchev–Trinajstić information content (AvgIpc) is 3.27. The van der Waals surface area contributed by atoms with Gasteiger partial charge in [0.05, 0.1) is 17.0 Å². The molecule has 0 saturated heterocycles. The van der Waals surface area contributed by atoms with E-state index in [-0.39, 0.29) is 17.9 Å². The molecule has 204 valence electrons. The van der Waals surface area contributed by atoms with Crippen LogP contribution in [0.25, 0.3) is 10.9 Å². The monoisotopic (exact) mass is 567 g/mol. The van der Waals surface area contributed by atoms with Gasteiger partial charge in [-0.25, -0.2) is 12.8 Å². The van der Waals surface area contributed by atoms with Gasteiger partial charge in [0.2, 0.25) is 0 Å². The first-order chi connectivity index (χ1) is 19.0. The lowest BCUT2D eigenvalue weighted by Gasteiger charge is -2.13. The van der Waals surface area contributed by atoms with Gasteiger partial charge in [0.15, 0.2) is 0 Å². The summed E-state index contributed by atoms with van der Waals surface area (Å²) < 4.78 is 83.5. The van der Waals surface area contributed by atoms with Crippen LogP contribution in [0.5, 0.6) is 0 Å². The molecule has 1 amide bonds. The molecule has 0 radical (unpaired) electrons. The van der Waals surface area contributed by atoms with Crippen molar-refractivity contribution in [2.24, 2.45) is 0 Å². The van der Waals surface area contributed by atoms with Crippen LogP contribution in [0.3, 0.4) is 0 Å². The number of carbonyl (C=O) groups excluding carboxylic acids is 1. The average molecular weight is 568 g/mol. The second kappa shape index (κ2) is 10.5. The Balaban J connectivity index is 1.52.